The highest BCUT2D eigenvalue weighted by atomic mass is 127. The molecule has 166 valence electrons. The summed E-state index contributed by atoms with van der Waals surface area (Å²) in [5.41, 5.74) is 0.0143. The van der Waals surface area contributed by atoms with Gasteiger partial charge in [-0.15, -0.1) is 12.4 Å². The van der Waals surface area contributed by atoms with Crippen LogP contribution in [0.5, 0.6) is 0 Å². The Bertz CT molecular complexity index is 879. The second kappa shape index (κ2) is 13.5. The molecule has 0 unspecified atom stereocenters. The minimum Gasteiger partial charge on any atom is -0.478 e. The number of nitrogens with one attached hydrogen (secondary N) is 2. The van der Waals surface area contributed by atoms with Crippen LogP contribution in [0.15, 0.2) is 0 Å². The summed E-state index contributed by atoms with van der Waals surface area (Å²) in [7, 11) is 0. The lowest BCUT2D eigenvalue weighted by molar-refractivity contribution is -0.145. The van der Waals surface area contributed by atoms with Crippen LogP contribution >= 0.6 is 80.2 Å². The van der Waals surface area contributed by atoms with Crippen LogP contribution in [-0.4, -0.2) is 54.6 Å². The van der Waals surface area contributed by atoms with Crippen LogP contribution < -0.4 is 10.6 Å². The van der Waals surface area contributed by atoms with Gasteiger partial charge < -0.3 is 25.2 Å². The Morgan fingerprint density at radius 2 is 1.43 bits per heavy atom. The van der Waals surface area contributed by atoms with Gasteiger partial charge in [0.25, 0.3) is 11.8 Å². The number of carboxylic acids is 1. The first-order valence-electron chi connectivity index (χ1n) is 7.75. The van der Waals surface area contributed by atoms with Crippen molar-refractivity contribution in [1.82, 2.24) is 5.32 Å². The summed E-state index contributed by atoms with van der Waals surface area (Å²) in [4.78, 5) is 58.1. The van der Waals surface area contributed by atoms with Crippen molar-refractivity contribution in [1.29, 1.82) is 0 Å². The Morgan fingerprint density at radius 3 is 1.93 bits per heavy atom. The molecule has 0 aliphatic heterocycles. The van der Waals surface area contributed by atoms with E-state index < -0.39 is 36.3 Å². The van der Waals surface area contributed by atoms with Gasteiger partial charge in [-0.1, -0.05) is 0 Å². The molecule has 0 radical (unpaired) electrons. The minimum absolute atomic E-state index is 0. The molecule has 0 aliphatic rings. The lowest BCUT2D eigenvalue weighted by atomic mass is 10.1. The Labute approximate surface area is 218 Å². The Morgan fingerprint density at radius 1 is 0.900 bits per heavy atom. The molecule has 0 fully saturated rings. The van der Waals surface area contributed by atoms with Crippen LogP contribution in [-0.2, 0) is 23.9 Å². The average Bonchev–Trinajstić information content (AvgIpc) is 2.60. The molecule has 0 aliphatic carbocycles. The normalized spacial score (nSPS) is 9.77. The van der Waals surface area contributed by atoms with E-state index in [1.54, 1.807) is 45.2 Å². The molecule has 30 heavy (non-hydrogen) atoms. The largest absolute Gasteiger partial charge is 0.478 e. The number of carbonyl (C=O) groups excluding carboxylic acids is 4. The molecule has 10 nitrogen and oxygen atoms in total. The topological polar surface area (TPSA) is 148 Å². The van der Waals surface area contributed by atoms with Gasteiger partial charge in [0.1, 0.15) is 6.61 Å². The number of hydrogen-bond acceptors (Lipinski definition) is 7. The van der Waals surface area contributed by atoms with E-state index in [1.165, 1.54) is 6.92 Å². The second-order valence-electron chi connectivity index (χ2n) is 5.30. The van der Waals surface area contributed by atoms with E-state index >= 15 is 0 Å². The number of amides is 2. The van der Waals surface area contributed by atoms with Gasteiger partial charge in [-0.3, -0.25) is 19.2 Å². The second-order valence-corrected chi connectivity index (χ2v) is 8.53. The fraction of sp³-hybridized carbons (Fsp3) is 0.312. The first-order chi connectivity index (χ1) is 13.5. The molecule has 0 heterocycles. The maximum atomic E-state index is 12.6. The summed E-state index contributed by atoms with van der Waals surface area (Å²) in [5.74, 6) is -3.70. The zero-order chi connectivity index (χ0) is 22.3. The van der Waals surface area contributed by atoms with Gasteiger partial charge in [0.2, 0.25) is 0 Å². The minimum atomic E-state index is -1.28. The van der Waals surface area contributed by atoms with E-state index in [1.807, 2.05) is 22.6 Å². The van der Waals surface area contributed by atoms with Gasteiger partial charge >= 0.3 is 17.9 Å². The maximum absolute atomic E-state index is 12.6. The predicted molar refractivity (Wildman–Crippen MR) is 133 cm³/mol. The molecule has 1 aromatic rings. The molecule has 0 spiro atoms. The molecule has 14 heteroatoms. The summed E-state index contributed by atoms with van der Waals surface area (Å²) >= 11 is 5.34. The number of rotatable bonds is 8. The van der Waals surface area contributed by atoms with E-state index in [2.05, 4.69) is 15.4 Å². The zero-order valence-corrected chi connectivity index (χ0v) is 22.8. The van der Waals surface area contributed by atoms with Crippen molar-refractivity contribution < 1.29 is 38.6 Å². The SMILES string of the molecule is CC(=O)OCCNC(=O)c1c(I)c(NC(=O)COC(C)=O)c(I)c(C(=O)O)c1I.Cl. The van der Waals surface area contributed by atoms with Crippen LogP contribution in [0.2, 0.25) is 0 Å². The summed E-state index contributed by atoms with van der Waals surface area (Å²) in [6.45, 7) is 1.80. The Kier molecular flexibility index (Phi) is 13.0. The highest BCUT2D eigenvalue weighted by Crippen LogP contribution is 2.35. The standard InChI is InChI=1S/C16H15I3N2O8.ClH/c1-6(22)28-4-3-20-15(25)9-11(17)10(16(26)27)13(19)14(12(9)18)21-8(24)5-29-7(2)23;/h3-5H2,1-2H3,(H,20,25)(H,21,24)(H,26,27);1H. The number of carbonyl (C=O) groups is 5. The van der Waals surface area contributed by atoms with E-state index in [-0.39, 0.29) is 49.5 Å². The van der Waals surface area contributed by atoms with Crippen LogP contribution in [0.3, 0.4) is 0 Å². The number of esters is 2. The summed E-state index contributed by atoms with van der Waals surface area (Å²) in [6, 6.07) is 0. The molecule has 0 saturated heterocycles. The molecular formula is C16H16ClI3N2O8. The van der Waals surface area contributed by atoms with Crippen molar-refractivity contribution in [3.05, 3.63) is 21.8 Å². The third-order valence-electron chi connectivity index (χ3n) is 3.12. The van der Waals surface area contributed by atoms with E-state index in [4.69, 9.17) is 4.74 Å². The molecule has 0 saturated carbocycles. The molecule has 0 aromatic heterocycles. The monoisotopic (exact) mass is 780 g/mol. The smallest absolute Gasteiger partial charge is 0.337 e. The third-order valence-corrected chi connectivity index (χ3v) is 6.36. The molecular weight excluding hydrogens is 764 g/mol. The molecule has 2 amide bonds. The molecule has 0 bridgehead atoms. The highest BCUT2D eigenvalue weighted by molar-refractivity contribution is 14.1. The van der Waals surface area contributed by atoms with Crippen LogP contribution in [0.25, 0.3) is 0 Å². The van der Waals surface area contributed by atoms with Crippen LogP contribution in [0, 0.1) is 10.7 Å². The number of hydrogen-bond donors (Lipinski definition) is 3. The van der Waals surface area contributed by atoms with Gasteiger partial charge in [0.05, 0.1) is 30.5 Å². The number of halogens is 4. The summed E-state index contributed by atoms with van der Waals surface area (Å²) in [6.07, 6.45) is 0. The van der Waals surface area contributed by atoms with Crippen molar-refractivity contribution in [2.45, 2.75) is 13.8 Å². The molecule has 1 rings (SSSR count). The van der Waals surface area contributed by atoms with Crippen molar-refractivity contribution in [3.63, 3.8) is 0 Å². The summed E-state index contributed by atoms with van der Waals surface area (Å²) in [5, 5.41) is 14.6. The zero-order valence-electron chi connectivity index (χ0n) is 15.5. The van der Waals surface area contributed by atoms with E-state index in [0.29, 0.717) is 3.57 Å². The number of aromatic carboxylic acids is 1. The molecule has 3 N–H and O–H groups in total. The van der Waals surface area contributed by atoms with Crippen LogP contribution in [0.4, 0.5) is 5.69 Å². The first kappa shape index (κ1) is 29.1. The van der Waals surface area contributed by atoms with Gasteiger partial charge in [0, 0.05) is 17.4 Å². The lowest BCUT2D eigenvalue weighted by Gasteiger charge is -2.18. The van der Waals surface area contributed by atoms with Gasteiger partial charge in [-0.05, 0) is 67.8 Å². The van der Waals surface area contributed by atoms with Crippen molar-refractivity contribution >= 4 is 116 Å². The number of benzene rings is 1. The number of carboxylic acid groups (broad SMARTS) is 1. The van der Waals surface area contributed by atoms with E-state index in [9.17, 15) is 29.1 Å². The lowest BCUT2D eigenvalue weighted by Crippen LogP contribution is -2.31. The predicted octanol–water partition coefficient (Wildman–Crippen LogP) is 2.41. The quantitative estimate of drug-likeness (QED) is 0.207. The Hall–Kier alpha value is -0.950. The van der Waals surface area contributed by atoms with Crippen molar-refractivity contribution in [2.24, 2.45) is 0 Å². The first-order valence-corrected chi connectivity index (χ1v) is 11.0. The van der Waals surface area contributed by atoms with Crippen LogP contribution in [0.1, 0.15) is 34.6 Å². The average molecular weight is 780 g/mol. The van der Waals surface area contributed by atoms with Gasteiger partial charge in [-0.25, -0.2) is 4.79 Å². The van der Waals surface area contributed by atoms with Crippen molar-refractivity contribution in [2.75, 3.05) is 25.1 Å². The fourth-order valence-corrected chi connectivity index (χ4v) is 6.34. The van der Waals surface area contributed by atoms with Crippen molar-refractivity contribution in [3.8, 4) is 0 Å². The number of anilines is 1. The molecule has 1 aromatic carbocycles. The number of ether oxygens (including phenoxy) is 2. The van der Waals surface area contributed by atoms with E-state index in [0.717, 1.165) is 6.92 Å². The third kappa shape index (κ3) is 8.29. The molecule has 0 atom stereocenters. The maximum Gasteiger partial charge on any atom is 0.337 e. The highest BCUT2D eigenvalue weighted by Gasteiger charge is 2.28. The Balaban J connectivity index is 0.00000841. The van der Waals surface area contributed by atoms with Gasteiger partial charge in [0.15, 0.2) is 6.61 Å². The van der Waals surface area contributed by atoms with Gasteiger partial charge in [-0.2, -0.15) is 0 Å². The summed E-state index contributed by atoms with van der Waals surface area (Å²) < 4.78 is 10.1. The fourth-order valence-electron chi connectivity index (χ4n) is 1.95.